The van der Waals surface area contributed by atoms with Crippen molar-refractivity contribution in [1.82, 2.24) is 15.3 Å². The number of amides is 1. The molecule has 2 aromatic rings. The van der Waals surface area contributed by atoms with Gasteiger partial charge in [-0.2, -0.15) is 12.6 Å². The van der Waals surface area contributed by atoms with E-state index in [1.165, 1.54) is 0 Å². The lowest BCUT2D eigenvalue weighted by atomic mass is 10.2. The fourth-order valence-electron chi connectivity index (χ4n) is 1.43. The SMILES string of the molecule is Cc1nc(-c2c[nH]c(C(=O)NCCS)c2)cs1. The van der Waals surface area contributed by atoms with Crippen molar-refractivity contribution in [3.05, 3.63) is 28.3 Å². The maximum Gasteiger partial charge on any atom is 0.267 e. The molecule has 0 fully saturated rings. The third kappa shape index (κ3) is 2.89. The highest BCUT2D eigenvalue weighted by atomic mass is 32.1. The monoisotopic (exact) mass is 267 g/mol. The van der Waals surface area contributed by atoms with Gasteiger partial charge in [-0.05, 0) is 13.0 Å². The summed E-state index contributed by atoms with van der Waals surface area (Å²) >= 11 is 5.63. The average molecular weight is 267 g/mol. The summed E-state index contributed by atoms with van der Waals surface area (Å²) in [7, 11) is 0. The maximum absolute atomic E-state index is 11.7. The number of aryl methyl sites for hydroxylation is 1. The Morgan fingerprint density at radius 1 is 1.65 bits per heavy atom. The number of nitrogens with zero attached hydrogens (tertiary/aromatic N) is 1. The Morgan fingerprint density at radius 3 is 3.12 bits per heavy atom. The highest BCUT2D eigenvalue weighted by Gasteiger charge is 2.10. The largest absolute Gasteiger partial charge is 0.357 e. The molecule has 2 N–H and O–H groups in total. The molecule has 0 saturated heterocycles. The number of carbonyl (C=O) groups excluding carboxylic acids is 1. The van der Waals surface area contributed by atoms with Crippen molar-refractivity contribution in [2.75, 3.05) is 12.3 Å². The lowest BCUT2D eigenvalue weighted by Gasteiger charge is -1.99. The number of hydrogen-bond acceptors (Lipinski definition) is 4. The van der Waals surface area contributed by atoms with Gasteiger partial charge in [0.15, 0.2) is 0 Å². The normalized spacial score (nSPS) is 10.5. The van der Waals surface area contributed by atoms with Crippen molar-refractivity contribution in [1.29, 1.82) is 0 Å². The Bertz CT molecular complexity index is 518. The summed E-state index contributed by atoms with van der Waals surface area (Å²) in [6.45, 7) is 2.52. The molecule has 2 aromatic heterocycles. The van der Waals surface area contributed by atoms with Crippen LogP contribution in [0, 0.1) is 6.92 Å². The van der Waals surface area contributed by atoms with Gasteiger partial charge in [0.05, 0.1) is 10.7 Å². The first-order valence-electron chi connectivity index (χ1n) is 5.20. The summed E-state index contributed by atoms with van der Waals surface area (Å²) < 4.78 is 0. The van der Waals surface area contributed by atoms with Crippen molar-refractivity contribution in [3.8, 4) is 11.3 Å². The first-order valence-corrected chi connectivity index (χ1v) is 6.72. The van der Waals surface area contributed by atoms with Gasteiger partial charge in [0.1, 0.15) is 5.69 Å². The summed E-state index contributed by atoms with van der Waals surface area (Å²) in [5.41, 5.74) is 2.38. The first-order chi connectivity index (χ1) is 8.20. The molecule has 90 valence electrons. The molecule has 0 atom stereocenters. The number of hydrogen-bond donors (Lipinski definition) is 3. The van der Waals surface area contributed by atoms with E-state index in [9.17, 15) is 4.79 Å². The highest BCUT2D eigenvalue weighted by molar-refractivity contribution is 7.80. The van der Waals surface area contributed by atoms with Crippen molar-refractivity contribution < 1.29 is 4.79 Å². The van der Waals surface area contributed by atoms with Gasteiger partial charge in [-0.15, -0.1) is 11.3 Å². The Balaban J connectivity index is 2.13. The molecule has 1 amide bonds. The molecule has 0 bridgehead atoms. The second-order valence-corrected chi connectivity index (χ2v) is 5.04. The predicted molar refractivity (Wildman–Crippen MR) is 72.8 cm³/mol. The van der Waals surface area contributed by atoms with Crippen LogP contribution in [0.25, 0.3) is 11.3 Å². The third-order valence-corrected chi connectivity index (χ3v) is 3.24. The number of H-pyrrole nitrogens is 1. The van der Waals surface area contributed by atoms with E-state index in [4.69, 9.17) is 0 Å². The molecule has 17 heavy (non-hydrogen) atoms. The fraction of sp³-hybridized carbons (Fsp3) is 0.273. The Kier molecular flexibility index (Phi) is 3.86. The van der Waals surface area contributed by atoms with Crippen LogP contribution >= 0.6 is 24.0 Å². The topological polar surface area (TPSA) is 57.8 Å². The quantitative estimate of drug-likeness (QED) is 0.743. The van der Waals surface area contributed by atoms with Gasteiger partial charge in [0, 0.05) is 29.4 Å². The van der Waals surface area contributed by atoms with E-state index in [0.29, 0.717) is 18.0 Å². The molecular weight excluding hydrogens is 254 g/mol. The molecule has 0 aromatic carbocycles. The van der Waals surface area contributed by atoms with Crippen molar-refractivity contribution in [2.45, 2.75) is 6.92 Å². The van der Waals surface area contributed by atoms with E-state index in [0.717, 1.165) is 16.3 Å². The van der Waals surface area contributed by atoms with Gasteiger partial charge < -0.3 is 10.3 Å². The molecule has 4 nitrogen and oxygen atoms in total. The Morgan fingerprint density at radius 2 is 2.47 bits per heavy atom. The minimum atomic E-state index is -0.114. The van der Waals surface area contributed by atoms with Crippen LogP contribution < -0.4 is 5.32 Å². The van der Waals surface area contributed by atoms with Crippen LogP contribution in [0.3, 0.4) is 0 Å². The maximum atomic E-state index is 11.7. The zero-order valence-corrected chi connectivity index (χ0v) is 11.1. The molecule has 2 rings (SSSR count). The van der Waals surface area contributed by atoms with Gasteiger partial charge in [0.2, 0.25) is 0 Å². The molecular formula is C11H13N3OS2. The van der Waals surface area contributed by atoms with Crippen molar-refractivity contribution in [3.63, 3.8) is 0 Å². The lowest BCUT2D eigenvalue weighted by Crippen LogP contribution is -2.25. The van der Waals surface area contributed by atoms with E-state index in [1.54, 1.807) is 17.5 Å². The second-order valence-electron chi connectivity index (χ2n) is 3.53. The van der Waals surface area contributed by atoms with Crippen LogP contribution in [0.2, 0.25) is 0 Å². The number of rotatable bonds is 4. The second kappa shape index (κ2) is 5.37. The molecule has 0 unspecified atom stereocenters. The van der Waals surface area contributed by atoms with Crippen LogP contribution in [0.15, 0.2) is 17.6 Å². The third-order valence-electron chi connectivity index (χ3n) is 2.24. The van der Waals surface area contributed by atoms with Crippen LogP contribution in [0.1, 0.15) is 15.5 Å². The highest BCUT2D eigenvalue weighted by Crippen LogP contribution is 2.22. The van der Waals surface area contributed by atoms with Gasteiger partial charge >= 0.3 is 0 Å². The van der Waals surface area contributed by atoms with E-state index < -0.39 is 0 Å². The Hall–Kier alpha value is -1.27. The van der Waals surface area contributed by atoms with Gasteiger partial charge in [0.25, 0.3) is 5.91 Å². The number of nitrogens with one attached hydrogen (secondary N) is 2. The van der Waals surface area contributed by atoms with E-state index in [-0.39, 0.29) is 5.91 Å². The average Bonchev–Trinajstić information content (AvgIpc) is 2.93. The van der Waals surface area contributed by atoms with Crippen molar-refractivity contribution in [2.24, 2.45) is 0 Å². The molecule has 0 radical (unpaired) electrons. The van der Waals surface area contributed by atoms with E-state index in [1.807, 2.05) is 18.4 Å². The molecule has 0 saturated carbocycles. The summed E-state index contributed by atoms with van der Waals surface area (Å²) in [5.74, 6) is 0.516. The molecule has 0 aliphatic rings. The minimum absolute atomic E-state index is 0.114. The van der Waals surface area contributed by atoms with Crippen LogP contribution in [0.5, 0.6) is 0 Å². The van der Waals surface area contributed by atoms with Gasteiger partial charge in [-0.3, -0.25) is 4.79 Å². The fourth-order valence-corrected chi connectivity index (χ4v) is 2.17. The lowest BCUT2D eigenvalue weighted by molar-refractivity contribution is 0.0952. The van der Waals surface area contributed by atoms with Crippen LogP contribution in [-0.4, -0.2) is 28.2 Å². The summed E-state index contributed by atoms with van der Waals surface area (Å²) in [4.78, 5) is 19.0. The molecule has 6 heteroatoms. The smallest absolute Gasteiger partial charge is 0.267 e. The number of thiazole rings is 1. The predicted octanol–water partition coefficient (Wildman–Crippen LogP) is 2.11. The number of aromatic amines is 1. The van der Waals surface area contributed by atoms with Crippen LogP contribution in [0.4, 0.5) is 0 Å². The molecule has 0 spiro atoms. The molecule has 0 aliphatic heterocycles. The summed E-state index contributed by atoms with van der Waals surface area (Å²) in [6.07, 6.45) is 1.80. The standard InChI is InChI=1S/C11H13N3OS2/c1-7-14-10(6-17-7)8-4-9(13-5-8)11(15)12-2-3-16/h4-6,13,16H,2-3H2,1H3,(H,12,15). The summed E-state index contributed by atoms with van der Waals surface area (Å²) in [6, 6.07) is 1.81. The molecule has 2 heterocycles. The zero-order valence-electron chi connectivity index (χ0n) is 9.36. The zero-order chi connectivity index (χ0) is 12.3. The number of thiol groups is 1. The van der Waals surface area contributed by atoms with Gasteiger partial charge in [-0.25, -0.2) is 4.98 Å². The number of carbonyl (C=O) groups is 1. The first kappa shape index (κ1) is 12.2. The van der Waals surface area contributed by atoms with Crippen LogP contribution in [-0.2, 0) is 0 Å². The van der Waals surface area contributed by atoms with E-state index in [2.05, 4.69) is 27.9 Å². The summed E-state index contributed by atoms with van der Waals surface area (Å²) in [5, 5.41) is 5.75. The van der Waals surface area contributed by atoms with Gasteiger partial charge in [-0.1, -0.05) is 0 Å². The van der Waals surface area contributed by atoms with Crippen molar-refractivity contribution >= 4 is 29.9 Å². The van der Waals surface area contributed by atoms with E-state index >= 15 is 0 Å². The molecule has 0 aliphatic carbocycles. The number of aromatic nitrogens is 2. The Labute approximate surface area is 109 Å². The minimum Gasteiger partial charge on any atom is -0.357 e.